The third kappa shape index (κ3) is 4.18. The van der Waals surface area contributed by atoms with Gasteiger partial charge in [0.05, 0.1) is 6.42 Å². The Morgan fingerprint density at radius 3 is 2.31 bits per heavy atom. The van der Waals surface area contributed by atoms with Gasteiger partial charge in [-0.05, 0) is 24.2 Å². The van der Waals surface area contributed by atoms with Crippen molar-refractivity contribution in [2.45, 2.75) is 39.0 Å². The molecule has 0 fully saturated rings. The Morgan fingerprint density at radius 2 is 1.85 bits per heavy atom. The highest BCUT2D eigenvalue weighted by atomic mass is 32.2. The average molecular weight is 375 g/mol. The summed E-state index contributed by atoms with van der Waals surface area (Å²) in [5, 5.41) is 8.79. The molecule has 1 N–H and O–H groups in total. The van der Waals surface area contributed by atoms with Crippen LogP contribution in [0, 0.1) is 5.92 Å². The minimum atomic E-state index is -1.11. The smallest absolute Gasteiger partial charge is 0.308 e. The van der Waals surface area contributed by atoms with E-state index in [1.165, 1.54) is 11.8 Å². The Balaban J connectivity index is 2.49. The van der Waals surface area contributed by atoms with Crippen LogP contribution in [-0.2, 0) is 16.0 Å². The lowest BCUT2D eigenvalue weighted by molar-refractivity contribution is -0.137. The molecular weight excluding hydrogens is 350 g/mol. The first-order chi connectivity index (χ1) is 12.3. The van der Waals surface area contributed by atoms with Crippen molar-refractivity contribution < 1.29 is 19.5 Å². The SMILES string of the molecule is CCc1ccc(C(=O)C2=C(CC(=O)O)C(=O)N(CC(C)C)C2SC)cc1. The summed E-state index contributed by atoms with van der Waals surface area (Å²) in [7, 11) is 0. The second kappa shape index (κ2) is 8.54. The fourth-order valence-corrected chi connectivity index (χ4v) is 4.06. The fourth-order valence-electron chi connectivity index (χ4n) is 3.14. The number of carboxylic acid groups (broad SMARTS) is 1. The van der Waals surface area contributed by atoms with Crippen LogP contribution in [0.4, 0.5) is 0 Å². The Morgan fingerprint density at radius 1 is 1.23 bits per heavy atom. The van der Waals surface area contributed by atoms with Crippen LogP contribution in [0.25, 0.3) is 0 Å². The first-order valence-corrected chi connectivity index (χ1v) is 10.0. The number of hydrogen-bond donors (Lipinski definition) is 1. The molecule has 1 aliphatic heterocycles. The summed E-state index contributed by atoms with van der Waals surface area (Å²) in [6.45, 7) is 6.50. The van der Waals surface area contributed by atoms with Gasteiger partial charge in [-0.25, -0.2) is 0 Å². The Hall–Kier alpha value is -2.08. The minimum absolute atomic E-state index is 0.113. The molecule has 0 aliphatic carbocycles. The van der Waals surface area contributed by atoms with Gasteiger partial charge in [0.1, 0.15) is 5.37 Å². The van der Waals surface area contributed by atoms with Crippen LogP contribution in [0.3, 0.4) is 0 Å². The van der Waals surface area contributed by atoms with E-state index in [-0.39, 0.29) is 23.2 Å². The Labute approximate surface area is 158 Å². The summed E-state index contributed by atoms with van der Waals surface area (Å²) in [5.74, 6) is -1.49. The summed E-state index contributed by atoms with van der Waals surface area (Å²) in [6.07, 6.45) is 2.27. The molecule has 6 heteroatoms. The molecule has 2 rings (SSSR count). The molecule has 1 atom stereocenters. The molecule has 1 aromatic carbocycles. The number of amides is 1. The highest BCUT2D eigenvalue weighted by Crippen LogP contribution is 2.36. The molecule has 140 valence electrons. The molecule has 1 unspecified atom stereocenters. The zero-order valence-electron chi connectivity index (χ0n) is 15.6. The summed E-state index contributed by atoms with van der Waals surface area (Å²) in [4.78, 5) is 38.9. The van der Waals surface area contributed by atoms with E-state index in [2.05, 4.69) is 0 Å². The number of ketones is 1. The maximum atomic E-state index is 13.1. The first kappa shape index (κ1) is 20.2. The Kier molecular flexibility index (Phi) is 6.64. The predicted molar refractivity (Wildman–Crippen MR) is 103 cm³/mol. The predicted octanol–water partition coefficient (Wildman–Crippen LogP) is 3.39. The lowest BCUT2D eigenvalue weighted by Gasteiger charge is -2.27. The quantitative estimate of drug-likeness (QED) is 0.705. The van der Waals surface area contributed by atoms with Crippen molar-refractivity contribution in [3.63, 3.8) is 0 Å². The van der Waals surface area contributed by atoms with Gasteiger partial charge in [-0.2, -0.15) is 0 Å². The van der Waals surface area contributed by atoms with E-state index in [9.17, 15) is 19.5 Å². The van der Waals surface area contributed by atoms with E-state index in [1.54, 1.807) is 17.0 Å². The highest BCUT2D eigenvalue weighted by molar-refractivity contribution is 7.99. The number of rotatable bonds is 8. The van der Waals surface area contributed by atoms with Crippen LogP contribution in [0.5, 0.6) is 0 Å². The second-order valence-electron chi connectivity index (χ2n) is 6.78. The monoisotopic (exact) mass is 375 g/mol. The number of benzene rings is 1. The van der Waals surface area contributed by atoms with Crippen molar-refractivity contribution >= 4 is 29.4 Å². The van der Waals surface area contributed by atoms with E-state index < -0.39 is 17.8 Å². The molecule has 1 aliphatic rings. The average Bonchev–Trinajstić information content (AvgIpc) is 2.85. The number of aliphatic carboxylic acids is 1. The summed E-state index contributed by atoms with van der Waals surface area (Å²) < 4.78 is 0. The van der Waals surface area contributed by atoms with E-state index >= 15 is 0 Å². The standard InChI is InChI=1S/C20H25NO4S/c1-5-13-6-8-14(9-7-13)18(24)17-15(10-16(22)23)19(25)21(11-12(2)3)20(17)26-4/h6-9,12,20H,5,10-11H2,1-4H3,(H,22,23). The topological polar surface area (TPSA) is 74.7 Å². The third-order valence-electron chi connectivity index (χ3n) is 4.36. The molecule has 0 radical (unpaired) electrons. The van der Waals surface area contributed by atoms with Crippen LogP contribution < -0.4 is 0 Å². The van der Waals surface area contributed by atoms with Gasteiger partial charge in [0.15, 0.2) is 5.78 Å². The molecule has 0 bridgehead atoms. The minimum Gasteiger partial charge on any atom is -0.481 e. The van der Waals surface area contributed by atoms with Crippen LogP contribution in [0.1, 0.15) is 43.1 Å². The number of aryl methyl sites for hydroxylation is 1. The van der Waals surface area contributed by atoms with Crippen molar-refractivity contribution in [1.29, 1.82) is 0 Å². The van der Waals surface area contributed by atoms with E-state index in [4.69, 9.17) is 0 Å². The molecule has 1 amide bonds. The molecular formula is C20H25NO4S. The van der Waals surface area contributed by atoms with Gasteiger partial charge in [-0.15, -0.1) is 11.8 Å². The van der Waals surface area contributed by atoms with Gasteiger partial charge >= 0.3 is 5.97 Å². The lowest BCUT2D eigenvalue weighted by atomic mass is 9.97. The number of carbonyl (C=O) groups excluding carboxylic acids is 2. The maximum Gasteiger partial charge on any atom is 0.308 e. The fraction of sp³-hybridized carbons (Fsp3) is 0.450. The highest BCUT2D eigenvalue weighted by Gasteiger charge is 2.42. The van der Waals surface area contributed by atoms with Crippen molar-refractivity contribution in [3.05, 3.63) is 46.5 Å². The van der Waals surface area contributed by atoms with E-state index in [1.807, 2.05) is 39.2 Å². The van der Waals surface area contributed by atoms with Crippen molar-refractivity contribution in [2.24, 2.45) is 5.92 Å². The van der Waals surface area contributed by atoms with Gasteiger partial charge in [-0.3, -0.25) is 14.4 Å². The van der Waals surface area contributed by atoms with Gasteiger partial charge in [-0.1, -0.05) is 45.0 Å². The number of thioether (sulfide) groups is 1. The summed E-state index contributed by atoms with van der Waals surface area (Å²) in [6, 6.07) is 7.28. The zero-order chi connectivity index (χ0) is 19.4. The summed E-state index contributed by atoms with van der Waals surface area (Å²) >= 11 is 1.39. The number of nitrogens with zero attached hydrogens (tertiary/aromatic N) is 1. The first-order valence-electron chi connectivity index (χ1n) is 8.72. The number of hydrogen-bond acceptors (Lipinski definition) is 4. The van der Waals surface area contributed by atoms with Crippen LogP contribution in [-0.4, -0.2) is 45.8 Å². The second-order valence-corrected chi connectivity index (χ2v) is 7.70. The molecule has 0 spiro atoms. The van der Waals surface area contributed by atoms with E-state index in [0.29, 0.717) is 17.7 Å². The largest absolute Gasteiger partial charge is 0.481 e. The summed E-state index contributed by atoms with van der Waals surface area (Å²) in [5.41, 5.74) is 2.03. The maximum absolute atomic E-state index is 13.1. The Bertz CT molecular complexity index is 737. The van der Waals surface area contributed by atoms with Crippen molar-refractivity contribution in [1.82, 2.24) is 4.90 Å². The van der Waals surface area contributed by atoms with Crippen LogP contribution in [0.15, 0.2) is 35.4 Å². The third-order valence-corrected chi connectivity index (χ3v) is 5.29. The molecule has 1 aromatic rings. The number of Topliss-reactive ketones (excluding diaryl/α,β-unsaturated/α-hetero) is 1. The van der Waals surface area contributed by atoms with Gasteiger partial charge in [0.2, 0.25) is 0 Å². The molecule has 26 heavy (non-hydrogen) atoms. The molecule has 5 nitrogen and oxygen atoms in total. The van der Waals surface area contributed by atoms with Crippen molar-refractivity contribution in [3.8, 4) is 0 Å². The van der Waals surface area contributed by atoms with Gasteiger partial charge in [0, 0.05) is 23.3 Å². The van der Waals surface area contributed by atoms with Gasteiger partial charge in [0.25, 0.3) is 5.91 Å². The van der Waals surface area contributed by atoms with Crippen LogP contribution in [0.2, 0.25) is 0 Å². The van der Waals surface area contributed by atoms with Crippen LogP contribution >= 0.6 is 11.8 Å². The number of carboxylic acids is 1. The molecule has 1 heterocycles. The number of carbonyl (C=O) groups is 3. The zero-order valence-corrected chi connectivity index (χ0v) is 16.4. The lowest BCUT2D eigenvalue weighted by Crippen LogP contribution is -2.37. The normalized spacial score (nSPS) is 17.3. The molecule has 0 saturated heterocycles. The van der Waals surface area contributed by atoms with E-state index in [0.717, 1.165) is 12.0 Å². The van der Waals surface area contributed by atoms with Crippen molar-refractivity contribution in [2.75, 3.05) is 12.8 Å². The molecule has 0 saturated carbocycles. The van der Waals surface area contributed by atoms with Gasteiger partial charge < -0.3 is 10.0 Å². The molecule has 0 aromatic heterocycles.